The number of nitrogens with one attached hydrogen (secondary N) is 2. The molecule has 2 N–H and O–H groups in total. The van der Waals surface area contributed by atoms with Crippen molar-refractivity contribution in [3.63, 3.8) is 0 Å². The molecule has 3 aromatic rings. The van der Waals surface area contributed by atoms with Crippen molar-refractivity contribution in [3.05, 3.63) is 69.7 Å². The lowest BCUT2D eigenvalue weighted by atomic mass is 10.2. The van der Waals surface area contributed by atoms with Gasteiger partial charge in [0.2, 0.25) is 5.91 Å². The summed E-state index contributed by atoms with van der Waals surface area (Å²) in [7, 11) is 0. The monoisotopic (exact) mass is 376 g/mol. The van der Waals surface area contributed by atoms with Crippen molar-refractivity contribution in [3.8, 4) is 11.4 Å². The Hall–Kier alpha value is -2.51. The normalized spacial score (nSPS) is 10.6. The smallest absolute Gasteiger partial charge is 0.240 e. The van der Waals surface area contributed by atoms with Crippen molar-refractivity contribution in [1.82, 2.24) is 20.1 Å². The molecule has 0 radical (unpaired) electrons. The zero-order chi connectivity index (χ0) is 17.8. The zero-order valence-corrected chi connectivity index (χ0v) is 14.6. The Bertz CT molecular complexity index is 935. The molecule has 1 aromatic heterocycles. The number of H-pyrrole nitrogens is 1. The molecule has 0 saturated carbocycles. The van der Waals surface area contributed by atoms with Gasteiger partial charge in [0, 0.05) is 17.1 Å². The van der Waals surface area contributed by atoms with Crippen LogP contribution in [0.2, 0.25) is 5.02 Å². The molecule has 1 amide bonds. The lowest BCUT2D eigenvalue weighted by Crippen LogP contribution is -2.27. The van der Waals surface area contributed by atoms with Gasteiger partial charge in [-0.15, -0.1) is 0 Å². The van der Waals surface area contributed by atoms with Crippen LogP contribution in [-0.4, -0.2) is 20.7 Å². The molecule has 0 aliphatic carbocycles. The van der Waals surface area contributed by atoms with Gasteiger partial charge in [0.15, 0.2) is 10.6 Å². The Morgan fingerprint density at radius 2 is 1.88 bits per heavy atom. The highest BCUT2D eigenvalue weighted by atomic mass is 35.5. The fourth-order valence-electron chi connectivity index (χ4n) is 2.29. The van der Waals surface area contributed by atoms with E-state index in [0.717, 1.165) is 11.1 Å². The predicted octanol–water partition coefficient (Wildman–Crippen LogP) is 3.72. The van der Waals surface area contributed by atoms with Crippen molar-refractivity contribution in [2.45, 2.75) is 13.1 Å². The fourth-order valence-corrected chi connectivity index (χ4v) is 2.61. The van der Waals surface area contributed by atoms with Crippen LogP contribution in [0.4, 0.5) is 4.39 Å². The van der Waals surface area contributed by atoms with Crippen LogP contribution < -0.4 is 5.32 Å². The number of amides is 1. The van der Waals surface area contributed by atoms with E-state index in [9.17, 15) is 9.18 Å². The van der Waals surface area contributed by atoms with E-state index in [1.165, 1.54) is 12.1 Å². The minimum absolute atomic E-state index is 0.0223. The summed E-state index contributed by atoms with van der Waals surface area (Å²) in [4.78, 5) is 12.2. The number of carbonyl (C=O) groups is 1. The zero-order valence-electron chi connectivity index (χ0n) is 13.0. The second kappa shape index (κ2) is 7.58. The number of hydrogen-bond donors (Lipinski definition) is 2. The van der Waals surface area contributed by atoms with Gasteiger partial charge in [-0.25, -0.2) is 4.39 Å². The Morgan fingerprint density at radius 3 is 2.56 bits per heavy atom. The van der Waals surface area contributed by atoms with E-state index in [-0.39, 0.29) is 18.3 Å². The molecule has 8 heteroatoms. The summed E-state index contributed by atoms with van der Waals surface area (Å²) in [6, 6.07) is 13.1. The summed E-state index contributed by atoms with van der Waals surface area (Å²) in [5.74, 6) is 0.0167. The van der Waals surface area contributed by atoms with E-state index >= 15 is 0 Å². The standard InChI is InChI=1S/C17H14ClFN4OS/c18-13-5-3-12(4-6-13)16-21-22-17(25)23(16)10-15(24)20-9-11-1-7-14(19)8-2-11/h1-8H,9-10H2,(H,20,24)(H,22,25). The Labute approximate surface area is 153 Å². The van der Waals surface area contributed by atoms with Crippen LogP contribution in [0.3, 0.4) is 0 Å². The molecule has 0 spiro atoms. The second-order valence-corrected chi connectivity index (χ2v) is 6.17. The van der Waals surface area contributed by atoms with Crippen LogP contribution in [0.15, 0.2) is 48.5 Å². The van der Waals surface area contributed by atoms with Crippen LogP contribution in [0, 0.1) is 10.6 Å². The molecular weight excluding hydrogens is 363 g/mol. The molecule has 0 unspecified atom stereocenters. The SMILES string of the molecule is O=C(Cn1c(-c2ccc(Cl)cc2)n[nH]c1=S)NCc1ccc(F)cc1. The summed E-state index contributed by atoms with van der Waals surface area (Å²) < 4.78 is 14.9. The summed E-state index contributed by atoms with van der Waals surface area (Å²) >= 11 is 11.1. The number of aromatic nitrogens is 3. The maximum Gasteiger partial charge on any atom is 0.240 e. The third-order valence-corrected chi connectivity index (χ3v) is 4.13. The third-order valence-electron chi connectivity index (χ3n) is 3.57. The topological polar surface area (TPSA) is 62.7 Å². The molecule has 1 heterocycles. The summed E-state index contributed by atoms with van der Waals surface area (Å²) in [5.41, 5.74) is 1.60. The van der Waals surface area contributed by atoms with Gasteiger partial charge in [-0.05, 0) is 54.2 Å². The first kappa shape index (κ1) is 17.3. The number of aromatic amines is 1. The molecule has 128 valence electrons. The van der Waals surface area contributed by atoms with Crippen molar-refractivity contribution >= 4 is 29.7 Å². The van der Waals surface area contributed by atoms with E-state index in [1.807, 2.05) is 0 Å². The average molecular weight is 377 g/mol. The van der Waals surface area contributed by atoms with Gasteiger partial charge in [0.1, 0.15) is 12.4 Å². The van der Waals surface area contributed by atoms with E-state index in [1.54, 1.807) is 41.0 Å². The number of benzene rings is 2. The van der Waals surface area contributed by atoms with Crippen LogP contribution in [0.25, 0.3) is 11.4 Å². The fraction of sp³-hybridized carbons (Fsp3) is 0.118. The van der Waals surface area contributed by atoms with E-state index in [2.05, 4.69) is 15.5 Å². The van der Waals surface area contributed by atoms with Gasteiger partial charge in [0.25, 0.3) is 0 Å². The molecule has 0 atom stereocenters. The van der Waals surface area contributed by atoms with E-state index in [4.69, 9.17) is 23.8 Å². The molecule has 0 aliphatic rings. The largest absolute Gasteiger partial charge is 0.350 e. The van der Waals surface area contributed by atoms with Gasteiger partial charge in [-0.1, -0.05) is 23.7 Å². The predicted molar refractivity (Wildman–Crippen MR) is 96.1 cm³/mol. The Balaban J connectivity index is 1.71. The van der Waals surface area contributed by atoms with Gasteiger partial charge in [-0.3, -0.25) is 14.5 Å². The van der Waals surface area contributed by atoms with Crippen molar-refractivity contribution in [2.75, 3.05) is 0 Å². The number of hydrogen-bond acceptors (Lipinski definition) is 3. The molecule has 25 heavy (non-hydrogen) atoms. The van der Waals surface area contributed by atoms with Gasteiger partial charge < -0.3 is 5.32 Å². The first-order valence-corrected chi connectivity index (χ1v) is 8.24. The lowest BCUT2D eigenvalue weighted by Gasteiger charge is -2.08. The maximum absolute atomic E-state index is 12.9. The molecule has 3 rings (SSSR count). The summed E-state index contributed by atoms with van der Waals surface area (Å²) in [6.45, 7) is 0.328. The highest BCUT2D eigenvalue weighted by Crippen LogP contribution is 2.19. The van der Waals surface area contributed by atoms with Gasteiger partial charge in [0.05, 0.1) is 0 Å². The minimum Gasteiger partial charge on any atom is -0.350 e. The first-order chi connectivity index (χ1) is 12.0. The highest BCUT2D eigenvalue weighted by Gasteiger charge is 2.12. The number of carbonyl (C=O) groups excluding carboxylic acids is 1. The summed E-state index contributed by atoms with van der Waals surface area (Å²) in [6.07, 6.45) is 0. The minimum atomic E-state index is -0.313. The molecule has 2 aromatic carbocycles. The lowest BCUT2D eigenvalue weighted by molar-refractivity contribution is -0.121. The number of halogens is 2. The molecule has 5 nitrogen and oxygen atoms in total. The molecule has 0 aliphatic heterocycles. The van der Waals surface area contributed by atoms with Crippen LogP contribution >= 0.6 is 23.8 Å². The van der Waals surface area contributed by atoms with E-state index in [0.29, 0.717) is 22.2 Å². The molecule has 0 fully saturated rings. The summed E-state index contributed by atoms with van der Waals surface area (Å²) in [5, 5.41) is 10.3. The van der Waals surface area contributed by atoms with Gasteiger partial charge >= 0.3 is 0 Å². The van der Waals surface area contributed by atoms with Crippen molar-refractivity contribution in [2.24, 2.45) is 0 Å². The Morgan fingerprint density at radius 1 is 1.20 bits per heavy atom. The van der Waals surface area contributed by atoms with Gasteiger partial charge in [-0.2, -0.15) is 5.10 Å². The van der Waals surface area contributed by atoms with Crippen LogP contribution in [-0.2, 0) is 17.9 Å². The first-order valence-electron chi connectivity index (χ1n) is 7.45. The number of rotatable bonds is 5. The average Bonchev–Trinajstić information content (AvgIpc) is 2.96. The number of nitrogens with zero attached hydrogens (tertiary/aromatic N) is 2. The second-order valence-electron chi connectivity index (χ2n) is 5.35. The quantitative estimate of drug-likeness (QED) is 0.667. The highest BCUT2D eigenvalue weighted by molar-refractivity contribution is 7.71. The molecule has 0 saturated heterocycles. The van der Waals surface area contributed by atoms with Crippen molar-refractivity contribution < 1.29 is 9.18 Å². The third kappa shape index (κ3) is 4.32. The van der Waals surface area contributed by atoms with Crippen LogP contribution in [0.1, 0.15) is 5.56 Å². The molecule has 0 bridgehead atoms. The van der Waals surface area contributed by atoms with E-state index < -0.39 is 0 Å². The van der Waals surface area contributed by atoms with Crippen molar-refractivity contribution in [1.29, 1.82) is 0 Å². The maximum atomic E-state index is 12.9. The Kier molecular flexibility index (Phi) is 5.25. The van der Waals surface area contributed by atoms with Crippen LogP contribution in [0.5, 0.6) is 0 Å². The molecular formula is C17H14ClFN4OS.